The van der Waals surface area contributed by atoms with Crippen LogP contribution < -0.4 is 9.47 Å². The van der Waals surface area contributed by atoms with E-state index in [2.05, 4.69) is 50.2 Å². The highest BCUT2D eigenvalue weighted by atomic mass is 16.5. The van der Waals surface area contributed by atoms with Crippen LogP contribution in [0.1, 0.15) is 36.1 Å². The Labute approximate surface area is 179 Å². The molecule has 0 aromatic heterocycles. The zero-order chi connectivity index (χ0) is 21.5. The summed E-state index contributed by atoms with van der Waals surface area (Å²) in [6.45, 7) is 4.34. The Hall–Kier alpha value is -3.51. The Kier molecular flexibility index (Phi) is 6.93. The Bertz CT molecular complexity index is 1110. The number of nitrogens with zero attached hydrogens (tertiary/aromatic N) is 1. The summed E-state index contributed by atoms with van der Waals surface area (Å²) in [5, 5.41) is 9.54. The van der Waals surface area contributed by atoms with Gasteiger partial charge in [0.2, 0.25) is 0 Å². The fraction of sp³-hybridized carbons (Fsp3) is 0.222. The van der Waals surface area contributed by atoms with Gasteiger partial charge in [0.25, 0.3) is 0 Å². The predicted molar refractivity (Wildman–Crippen MR) is 123 cm³/mol. The third kappa shape index (κ3) is 4.23. The van der Waals surface area contributed by atoms with Crippen LogP contribution in [0.2, 0.25) is 0 Å². The van der Waals surface area contributed by atoms with Gasteiger partial charge >= 0.3 is 0 Å². The van der Waals surface area contributed by atoms with Crippen molar-refractivity contribution < 1.29 is 9.47 Å². The van der Waals surface area contributed by atoms with Gasteiger partial charge in [-0.15, -0.1) is 0 Å². The quantitative estimate of drug-likeness (QED) is 0.430. The van der Waals surface area contributed by atoms with E-state index in [4.69, 9.17) is 9.47 Å². The van der Waals surface area contributed by atoms with Crippen LogP contribution in [0.3, 0.4) is 0 Å². The Morgan fingerprint density at radius 1 is 0.867 bits per heavy atom. The van der Waals surface area contributed by atoms with E-state index >= 15 is 0 Å². The van der Waals surface area contributed by atoms with Crippen LogP contribution in [0.5, 0.6) is 11.5 Å². The second kappa shape index (κ2) is 9.80. The van der Waals surface area contributed by atoms with Crippen LogP contribution in [0.15, 0.2) is 66.7 Å². The molecule has 152 valence electrons. The van der Waals surface area contributed by atoms with Gasteiger partial charge in [-0.3, -0.25) is 0 Å². The van der Waals surface area contributed by atoms with Gasteiger partial charge in [-0.05, 0) is 63.9 Å². The minimum Gasteiger partial charge on any atom is -0.493 e. The van der Waals surface area contributed by atoms with Crippen molar-refractivity contribution in [1.82, 2.24) is 0 Å². The van der Waals surface area contributed by atoms with E-state index in [-0.39, 0.29) is 0 Å². The molecule has 0 N–H and O–H groups in total. The van der Waals surface area contributed by atoms with Gasteiger partial charge in [-0.2, -0.15) is 5.26 Å². The fourth-order valence-electron chi connectivity index (χ4n) is 3.82. The number of benzene rings is 3. The van der Waals surface area contributed by atoms with E-state index < -0.39 is 0 Å². The lowest BCUT2D eigenvalue weighted by Gasteiger charge is -2.16. The Morgan fingerprint density at radius 3 is 2.27 bits per heavy atom. The maximum atomic E-state index is 9.54. The van der Waals surface area contributed by atoms with E-state index in [0.717, 1.165) is 40.7 Å². The molecule has 3 aromatic rings. The minimum atomic E-state index is 0.677. The van der Waals surface area contributed by atoms with Gasteiger partial charge in [-0.1, -0.05) is 62.4 Å². The van der Waals surface area contributed by atoms with Crippen molar-refractivity contribution in [2.24, 2.45) is 0 Å². The number of ether oxygens (including phenoxy) is 2. The minimum absolute atomic E-state index is 0.677. The average Bonchev–Trinajstić information content (AvgIpc) is 2.81. The molecule has 0 aliphatic heterocycles. The predicted octanol–water partition coefficient (Wildman–Crippen LogP) is 6.45. The highest BCUT2D eigenvalue weighted by Crippen LogP contribution is 2.37. The highest BCUT2D eigenvalue weighted by molar-refractivity contribution is 5.90. The smallest absolute Gasteiger partial charge is 0.161 e. The van der Waals surface area contributed by atoms with Crippen molar-refractivity contribution >= 4 is 5.57 Å². The topological polar surface area (TPSA) is 42.2 Å². The number of allylic oxidation sites excluding steroid dienone is 1. The van der Waals surface area contributed by atoms with Crippen LogP contribution in [0.4, 0.5) is 0 Å². The molecule has 0 heterocycles. The lowest BCUT2D eigenvalue weighted by molar-refractivity contribution is 0.355. The van der Waals surface area contributed by atoms with Crippen LogP contribution >= 0.6 is 0 Å². The zero-order valence-electron chi connectivity index (χ0n) is 18.0. The van der Waals surface area contributed by atoms with Crippen molar-refractivity contribution in [3.8, 4) is 28.7 Å². The van der Waals surface area contributed by atoms with Gasteiger partial charge in [0.1, 0.15) is 0 Å². The maximum absolute atomic E-state index is 9.54. The third-order valence-electron chi connectivity index (χ3n) is 5.40. The molecule has 0 unspecified atom stereocenters. The summed E-state index contributed by atoms with van der Waals surface area (Å²) < 4.78 is 10.9. The van der Waals surface area contributed by atoms with Gasteiger partial charge in [0.15, 0.2) is 11.5 Å². The van der Waals surface area contributed by atoms with Crippen LogP contribution in [0.25, 0.3) is 16.7 Å². The molecule has 0 fully saturated rings. The summed E-state index contributed by atoms with van der Waals surface area (Å²) in [5.41, 5.74) is 7.70. The first kappa shape index (κ1) is 21.2. The number of hydrogen-bond acceptors (Lipinski definition) is 3. The second-order valence-corrected chi connectivity index (χ2v) is 6.99. The van der Waals surface area contributed by atoms with E-state index in [1.807, 2.05) is 30.3 Å². The molecule has 0 aliphatic carbocycles. The lowest BCUT2D eigenvalue weighted by atomic mass is 9.88. The van der Waals surface area contributed by atoms with Gasteiger partial charge < -0.3 is 9.47 Å². The Balaban J connectivity index is 2.18. The first-order valence-corrected chi connectivity index (χ1v) is 10.2. The molecule has 0 saturated carbocycles. The van der Waals surface area contributed by atoms with Gasteiger partial charge in [0.05, 0.1) is 20.3 Å². The first-order valence-electron chi connectivity index (χ1n) is 10.2. The number of hydrogen-bond donors (Lipinski definition) is 0. The molecule has 0 atom stereocenters. The van der Waals surface area contributed by atoms with Gasteiger partial charge in [0, 0.05) is 6.08 Å². The molecule has 0 bridgehead atoms. The van der Waals surface area contributed by atoms with Crippen molar-refractivity contribution in [3.05, 3.63) is 89.0 Å². The normalized spacial score (nSPS) is 11.1. The SMILES string of the molecule is CCc1ccc(C(=CC#N)c2ccccc2-c2ccc(OC)c(OC)c2)cc1CC. The molecule has 30 heavy (non-hydrogen) atoms. The molecular formula is C27H27NO2. The molecule has 0 spiro atoms. The largest absolute Gasteiger partial charge is 0.493 e. The zero-order valence-corrected chi connectivity index (χ0v) is 18.0. The monoisotopic (exact) mass is 397 g/mol. The van der Waals surface area contributed by atoms with E-state index in [1.165, 1.54) is 11.1 Å². The third-order valence-corrected chi connectivity index (χ3v) is 5.40. The summed E-state index contributed by atoms with van der Waals surface area (Å²) in [6.07, 6.45) is 3.61. The standard InChI is InChI=1S/C27H27NO2/c1-5-19-11-12-21(17-20(19)6-2)24(15-16-28)25-10-8-7-9-23(25)22-13-14-26(29-3)27(18-22)30-4/h7-15,17-18H,5-6H2,1-4H3. The van der Waals surface area contributed by atoms with E-state index in [1.54, 1.807) is 20.3 Å². The van der Waals surface area contributed by atoms with Crippen LogP contribution in [-0.4, -0.2) is 14.2 Å². The number of nitriles is 1. The molecule has 0 amide bonds. The molecule has 0 radical (unpaired) electrons. The van der Waals surface area contributed by atoms with Crippen molar-refractivity contribution in [1.29, 1.82) is 5.26 Å². The molecule has 0 aliphatic rings. The van der Waals surface area contributed by atoms with Crippen LogP contribution in [-0.2, 0) is 12.8 Å². The Morgan fingerprint density at radius 2 is 1.60 bits per heavy atom. The van der Waals surface area contributed by atoms with Crippen LogP contribution in [0, 0.1) is 11.3 Å². The number of aryl methyl sites for hydroxylation is 2. The summed E-state index contributed by atoms with van der Waals surface area (Å²) in [7, 11) is 3.26. The number of methoxy groups -OCH3 is 2. The van der Waals surface area contributed by atoms with Crippen molar-refractivity contribution in [2.75, 3.05) is 14.2 Å². The molecule has 3 nitrogen and oxygen atoms in total. The summed E-state index contributed by atoms with van der Waals surface area (Å²) in [6, 6.07) is 22.8. The van der Waals surface area contributed by atoms with Gasteiger partial charge in [-0.25, -0.2) is 0 Å². The molecular weight excluding hydrogens is 370 g/mol. The number of rotatable bonds is 7. The molecule has 0 saturated heterocycles. The summed E-state index contributed by atoms with van der Waals surface area (Å²) in [4.78, 5) is 0. The molecule has 3 aromatic carbocycles. The average molecular weight is 398 g/mol. The van der Waals surface area contributed by atoms with E-state index in [0.29, 0.717) is 11.5 Å². The molecule has 3 heteroatoms. The fourth-order valence-corrected chi connectivity index (χ4v) is 3.82. The maximum Gasteiger partial charge on any atom is 0.161 e. The lowest BCUT2D eigenvalue weighted by Crippen LogP contribution is -1.97. The van der Waals surface area contributed by atoms with Crippen molar-refractivity contribution in [2.45, 2.75) is 26.7 Å². The van der Waals surface area contributed by atoms with E-state index in [9.17, 15) is 5.26 Å². The highest BCUT2D eigenvalue weighted by Gasteiger charge is 2.14. The summed E-state index contributed by atoms with van der Waals surface area (Å²) >= 11 is 0. The molecule has 3 rings (SSSR count). The second-order valence-electron chi connectivity index (χ2n) is 6.99. The first-order chi connectivity index (χ1) is 14.7. The van der Waals surface area contributed by atoms with Crippen molar-refractivity contribution in [3.63, 3.8) is 0 Å². The summed E-state index contributed by atoms with van der Waals surface area (Å²) in [5.74, 6) is 1.37.